The molecule has 1 atom stereocenters. The molecule has 0 aromatic heterocycles. The average molecular weight is 335 g/mol. The molecule has 1 unspecified atom stereocenters. The number of hydrogen-bond acceptors (Lipinski definition) is 1. The molecule has 0 saturated carbocycles. The summed E-state index contributed by atoms with van der Waals surface area (Å²) in [5.74, 6) is 0.924. The van der Waals surface area contributed by atoms with Crippen molar-refractivity contribution in [3.8, 4) is 5.75 Å². The van der Waals surface area contributed by atoms with Crippen LogP contribution >= 0.6 is 15.9 Å². The zero-order valence-electron chi connectivity index (χ0n) is 11.8. The Morgan fingerprint density at radius 1 is 1.00 bits per heavy atom. The molecule has 0 saturated heterocycles. The van der Waals surface area contributed by atoms with Crippen LogP contribution in [0.1, 0.15) is 12.0 Å². The number of halogens is 1. The second-order valence-corrected chi connectivity index (χ2v) is 5.86. The first-order valence-electron chi connectivity index (χ1n) is 6.98. The summed E-state index contributed by atoms with van der Waals surface area (Å²) in [6, 6.07) is 18.6. The fraction of sp³-hybridized carbons (Fsp3) is 0.294. The highest BCUT2D eigenvalue weighted by molar-refractivity contribution is 9.10. The third-order valence-electron chi connectivity index (χ3n) is 3.19. The van der Waals surface area contributed by atoms with Gasteiger partial charge in [-0.2, -0.15) is 0 Å². The van der Waals surface area contributed by atoms with Crippen LogP contribution < -0.4 is 9.64 Å². The molecule has 3 heteroatoms. The summed E-state index contributed by atoms with van der Waals surface area (Å²) in [6.45, 7) is 2.93. The van der Waals surface area contributed by atoms with Crippen molar-refractivity contribution in [2.45, 2.75) is 13.0 Å². The first-order valence-corrected chi connectivity index (χ1v) is 7.77. The van der Waals surface area contributed by atoms with Crippen molar-refractivity contribution in [2.75, 3.05) is 20.2 Å². The Morgan fingerprint density at radius 3 is 2.45 bits per heavy atom. The Morgan fingerprint density at radius 2 is 1.70 bits per heavy atom. The lowest BCUT2D eigenvalue weighted by Crippen LogP contribution is -3.07. The van der Waals surface area contributed by atoms with E-state index in [4.69, 9.17) is 4.74 Å². The zero-order valence-corrected chi connectivity index (χ0v) is 13.4. The fourth-order valence-electron chi connectivity index (χ4n) is 2.15. The maximum absolute atomic E-state index is 5.78. The van der Waals surface area contributed by atoms with Crippen LogP contribution in [0.5, 0.6) is 5.75 Å². The van der Waals surface area contributed by atoms with Crippen LogP contribution in [0.4, 0.5) is 0 Å². The summed E-state index contributed by atoms with van der Waals surface area (Å²) in [5.41, 5.74) is 1.39. The molecule has 2 aromatic carbocycles. The number of nitrogens with one attached hydrogen (secondary N) is 1. The quantitative estimate of drug-likeness (QED) is 0.768. The molecule has 0 spiro atoms. The molecular formula is C17H21BrNO+. The Kier molecular flexibility index (Phi) is 6.09. The van der Waals surface area contributed by atoms with Gasteiger partial charge in [0.15, 0.2) is 0 Å². The second-order valence-electron chi connectivity index (χ2n) is 5.00. The van der Waals surface area contributed by atoms with Gasteiger partial charge in [0, 0.05) is 12.0 Å². The Labute approximate surface area is 129 Å². The van der Waals surface area contributed by atoms with Crippen LogP contribution in [0.2, 0.25) is 0 Å². The molecule has 106 valence electrons. The summed E-state index contributed by atoms with van der Waals surface area (Å²) in [7, 11) is 2.23. The van der Waals surface area contributed by atoms with Gasteiger partial charge in [-0.1, -0.05) is 42.5 Å². The van der Waals surface area contributed by atoms with Gasteiger partial charge in [0.2, 0.25) is 0 Å². The van der Waals surface area contributed by atoms with Gasteiger partial charge in [0.05, 0.1) is 24.7 Å². The minimum atomic E-state index is 0.759. The van der Waals surface area contributed by atoms with Gasteiger partial charge in [-0.15, -0.1) is 0 Å². The van der Waals surface area contributed by atoms with Crippen molar-refractivity contribution in [1.29, 1.82) is 0 Å². The van der Waals surface area contributed by atoms with E-state index in [0.717, 1.165) is 36.3 Å². The molecule has 2 nitrogen and oxygen atoms in total. The molecule has 2 rings (SSSR count). The van der Waals surface area contributed by atoms with Crippen molar-refractivity contribution >= 4 is 15.9 Å². The minimum Gasteiger partial charge on any atom is -0.492 e. The largest absolute Gasteiger partial charge is 0.492 e. The van der Waals surface area contributed by atoms with Gasteiger partial charge in [0.1, 0.15) is 12.3 Å². The first kappa shape index (κ1) is 15.1. The van der Waals surface area contributed by atoms with Gasteiger partial charge in [-0.25, -0.2) is 0 Å². The van der Waals surface area contributed by atoms with Crippen LogP contribution in [0.3, 0.4) is 0 Å². The van der Waals surface area contributed by atoms with E-state index in [9.17, 15) is 0 Å². The van der Waals surface area contributed by atoms with Crippen LogP contribution in [0.15, 0.2) is 59.1 Å². The van der Waals surface area contributed by atoms with Crippen molar-refractivity contribution in [3.05, 3.63) is 64.6 Å². The molecule has 1 N–H and O–H groups in total. The lowest BCUT2D eigenvalue weighted by atomic mass is 10.2. The molecule has 20 heavy (non-hydrogen) atoms. The normalized spacial score (nSPS) is 12.1. The lowest BCUT2D eigenvalue weighted by molar-refractivity contribution is -0.894. The molecule has 2 aromatic rings. The zero-order chi connectivity index (χ0) is 14.2. The van der Waals surface area contributed by atoms with E-state index in [0.29, 0.717) is 0 Å². The summed E-state index contributed by atoms with van der Waals surface area (Å²) in [6.07, 6.45) is 1.06. The van der Waals surface area contributed by atoms with Crippen LogP contribution in [-0.2, 0) is 6.54 Å². The van der Waals surface area contributed by atoms with E-state index >= 15 is 0 Å². The Bertz CT molecular complexity index is 515. The summed E-state index contributed by atoms with van der Waals surface area (Å²) in [5, 5.41) is 0. The highest BCUT2D eigenvalue weighted by Crippen LogP contribution is 2.23. The first-order chi connectivity index (χ1) is 9.75. The van der Waals surface area contributed by atoms with Crippen LogP contribution in [0.25, 0.3) is 0 Å². The van der Waals surface area contributed by atoms with Crippen molar-refractivity contribution in [2.24, 2.45) is 0 Å². The molecular weight excluding hydrogens is 314 g/mol. The molecule has 0 radical (unpaired) electrons. The maximum atomic E-state index is 5.78. The molecule has 0 heterocycles. The van der Waals surface area contributed by atoms with E-state index in [2.05, 4.69) is 53.3 Å². The highest BCUT2D eigenvalue weighted by atomic mass is 79.9. The number of quaternary nitrogens is 1. The topological polar surface area (TPSA) is 13.7 Å². The van der Waals surface area contributed by atoms with Crippen molar-refractivity contribution < 1.29 is 9.64 Å². The van der Waals surface area contributed by atoms with Crippen molar-refractivity contribution in [3.63, 3.8) is 0 Å². The molecule has 0 aliphatic rings. The van der Waals surface area contributed by atoms with E-state index in [1.54, 1.807) is 0 Å². The standard InChI is InChI=1S/C17H20BrNO/c1-19(14-15-8-3-2-4-9-15)12-7-13-20-17-11-6-5-10-16(17)18/h2-6,8-11H,7,12-14H2,1H3/p+1. The third kappa shape index (κ3) is 4.99. The average Bonchev–Trinajstić information content (AvgIpc) is 2.46. The number of benzene rings is 2. The molecule has 0 aliphatic heterocycles. The minimum absolute atomic E-state index is 0.759. The lowest BCUT2D eigenvalue weighted by Gasteiger charge is -2.14. The fourth-order valence-corrected chi connectivity index (χ4v) is 2.55. The van der Waals surface area contributed by atoms with Gasteiger partial charge in [-0.3, -0.25) is 0 Å². The summed E-state index contributed by atoms with van der Waals surface area (Å²) >= 11 is 3.49. The monoisotopic (exact) mass is 334 g/mol. The summed E-state index contributed by atoms with van der Waals surface area (Å²) in [4.78, 5) is 1.51. The van der Waals surface area contributed by atoms with Gasteiger partial charge >= 0.3 is 0 Å². The highest BCUT2D eigenvalue weighted by Gasteiger charge is 2.04. The molecule has 0 bridgehead atoms. The predicted molar refractivity (Wildman–Crippen MR) is 86.2 cm³/mol. The van der Waals surface area contributed by atoms with Crippen LogP contribution in [0, 0.1) is 0 Å². The second kappa shape index (κ2) is 8.08. The van der Waals surface area contributed by atoms with E-state index in [1.165, 1.54) is 10.5 Å². The van der Waals surface area contributed by atoms with Crippen molar-refractivity contribution in [1.82, 2.24) is 0 Å². The summed E-state index contributed by atoms with van der Waals surface area (Å²) < 4.78 is 6.80. The van der Waals surface area contributed by atoms with Gasteiger partial charge in [0.25, 0.3) is 0 Å². The van der Waals surface area contributed by atoms with E-state index < -0.39 is 0 Å². The van der Waals surface area contributed by atoms with E-state index in [1.807, 2.05) is 24.3 Å². The third-order valence-corrected chi connectivity index (χ3v) is 3.85. The Balaban J connectivity index is 1.67. The van der Waals surface area contributed by atoms with Gasteiger partial charge in [-0.05, 0) is 28.1 Å². The van der Waals surface area contributed by atoms with Gasteiger partial charge < -0.3 is 9.64 Å². The van der Waals surface area contributed by atoms with E-state index in [-0.39, 0.29) is 0 Å². The smallest absolute Gasteiger partial charge is 0.133 e. The Hall–Kier alpha value is -1.32. The number of hydrogen-bond donors (Lipinski definition) is 1. The molecule has 0 aliphatic carbocycles. The van der Waals surface area contributed by atoms with Crippen LogP contribution in [-0.4, -0.2) is 20.2 Å². The number of rotatable bonds is 7. The predicted octanol–water partition coefficient (Wildman–Crippen LogP) is 2.93. The number of ether oxygens (including phenoxy) is 1. The molecule has 0 amide bonds. The maximum Gasteiger partial charge on any atom is 0.133 e. The molecule has 0 fully saturated rings. The SMILES string of the molecule is C[NH+](CCCOc1ccccc1Br)Cc1ccccc1. The number of para-hydroxylation sites is 1.